The van der Waals surface area contributed by atoms with Crippen LogP contribution in [0.2, 0.25) is 0 Å². The molecule has 1 rings (SSSR count). The van der Waals surface area contributed by atoms with Gasteiger partial charge in [-0.05, 0) is 32.6 Å². The molecule has 1 aromatic rings. The molecular weight excluding hydrogens is 236 g/mol. The second-order valence-corrected chi connectivity index (χ2v) is 4.97. The minimum absolute atomic E-state index is 0.322. The molecule has 0 fully saturated rings. The summed E-state index contributed by atoms with van der Waals surface area (Å²) in [5, 5.41) is 3.56. The number of ether oxygens (including phenoxy) is 1. The van der Waals surface area contributed by atoms with Crippen LogP contribution >= 0.6 is 0 Å². The van der Waals surface area contributed by atoms with E-state index in [0.29, 0.717) is 6.04 Å². The maximum Gasteiger partial charge on any atom is 0.123 e. The molecule has 1 aromatic carbocycles. The van der Waals surface area contributed by atoms with Crippen LogP contribution in [-0.2, 0) is 0 Å². The van der Waals surface area contributed by atoms with Gasteiger partial charge in [0.1, 0.15) is 5.75 Å². The lowest BCUT2D eigenvalue weighted by Crippen LogP contribution is -2.33. The highest BCUT2D eigenvalue weighted by Crippen LogP contribution is 2.25. The van der Waals surface area contributed by atoms with Gasteiger partial charge in [0.25, 0.3) is 0 Å². The Labute approximate surface area is 118 Å². The maximum atomic E-state index is 5.48. The van der Waals surface area contributed by atoms with Gasteiger partial charge in [-0.2, -0.15) is 0 Å². The summed E-state index contributed by atoms with van der Waals surface area (Å²) in [5.41, 5.74) is 1.25. The number of para-hydroxylation sites is 1. The van der Waals surface area contributed by atoms with E-state index in [4.69, 9.17) is 4.74 Å². The van der Waals surface area contributed by atoms with Crippen LogP contribution in [0.5, 0.6) is 5.75 Å². The second kappa shape index (κ2) is 8.94. The molecule has 0 amide bonds. The van der Waals surface area contributed by atoms with Gasteiger partial charge in [-0.15, -0.1) is 0 Å². The molecule has 1 atom stereocenters. The van der Waals surface area contributed by atoms with E-state index in [2.05, 4.69) is 43.2 Å². The first-order chi connectivity index (χ1) is 9.22. The van der Waals surface area contributed by atoms with E-state index in [0.717, 1.165) is 25.4 Å². The summed E-state index contributed by atoms with van der Waals surface area (Å²) in [6.07, 6.45) is 2.49. The molecule has 0 aliphatic rings. The number of likely N-dealkylation sites (N-methyl/N-ethyl adjacent to an activating group) is 2. The normalized spacial score (nSPS) is 12.7. The zero-order valence-corrected chi connectivity index (χ0v) is 12.8. The van der Waals surface area contributed by atoms with Crippen molar-refractivity contribution < 1.29 is 4.74 Å². The van der Waals surface area contributed by atoms with Crippen molar-refractivity contribution in [3.8, 4) is 5.75 Å². The number of rotatable bonds is 9. The van der Waals surface area contributed by atoms with Crippen LogP contribution in [0.1, 0.15) is 38.3 Å². The van der Waals surface area contributed by atoms with Crippen molar-refractivity contribution in [2.75, 3.05) is 33.8 Å². The number of methoxy groups -OCH3 is 1. The first-order valence-electron chi connectivity index (χ1n) is 7.27. The third kappa shape index (κ3) is 5.21. The number of nitrogens with zero attached hydrogens (tertiary/aromatic N) is 1. The number of nitrogens with one attached hydrogen (secondary N) is 1. The quantitative estimate of drug-likeness (QED) is 0.742. The highest BCUT2D eigenvalue weighted by Gasteiger charge is 2.16. The molecular formula is C16H28N2O. The molecule has 0 aromatic heterocycles. The number of benzene rings is 1. The standard InChI is InChI=1S/C16H28N2O/c1-5-7-12-18(3)13-15(17-6-2)14-10-8-9-11-16(14)19-4/h8-11,15,17H,5-7,12-13H2,1-4H3. The maximum absolute atomic E-state index is 5.48. The Morgan fingerprint density at radius 1 is 1.26 bits per heavy atom. The van der Waals surface area contributed by atoms with Crippen molar-refractivity contribution in [3.63, 3.8) is 0 Å². The van der Waals surface area contributed by atoms with Crippen molar-refractivity contribution in [2.45, 2.75) is 32.7 Å². The van der Waals surface area contributed by atoms with E-state index in [-0.39, 0.29) is 0 Å². The molecule has 0 aliphatic heterocycles. The molecule has 0 saturated heterocycles. The number of unbranched alkanes of at least 4 members (excludes halogenated alkanes) is 1. The van der Waals surface area contributed by atoms with Crippen LogP contribution in [0.15, 0.2) is 24.3 Å². The smallest absolute Gasteiger partial charge is 0.123 e. The van der Waals surface area contributed by atoms with E-state index in [9.17, 15) is 0 Å². The first-order valence-corrected chi connectivity index (χ1v) is 7.27. The molecule has 0 heterocycles. The molecule has 108 valence electrons. The SMILES string of the molecule is CCCCN(C)CC(NCC)c1ccccc1OC. The Balaban J connectivity index is 2.75. The molecule has 0 bridgehead atoms. The molecule has 0 radical (unpaired) electrons. The predicted molar refractivity (Wildman–Crippen MR) is 81.8 cm³/mol. The van der Waals surface area contributed by atoms with Gasteiger partial charge in [0, 0.05) is 18.2 Å². The van der Waals surface area contributed by atoms with Crippen LogP contribution in [-0.4, -0.2) is 38.7 Å². The van der Waals surface area contributed by atoms with Gasteiger partial charge in [-0.25, -0.2) is 0 Å². The summed E-state index contributed by atoms with van der Waals surface area (Å²) < 4.78 is 5.48. The fraction of sp³-hybridized carbons (Fsp3) is 0.625. The third-order valence-corrected chi connectivity index (χ3v) is 3.35. The van der Waals surface area contributed by atoms with Gasteiger partial charge in [-0.1, -0.05) is 38.5 Å². The molecule has 19 heavy (non-hydrogen) atoms. The van der Waals surface area contributed by atoms with Gasteiger partial charge in [-0.3, -0.25) is 0 Å². The van der Waals surface area contributed by atoms with Crippen LogP contribution < -0.4 is 10.1 Å². The minimum atomic E-state index is 0.322. The Morgan fingerprint density at radius 2 is 2.00 bits per heavy atom. The number of hydrogen-bond donors (Lipinski definition) is 1. The average molecular weight is 264 g/mol. The van der Waals surface area contributed by atoms with Crippen molar-refractivity contribution in [1.82, 2.24) is 10.2 Å². The monoisotopic (exact) mass is 264 g/mol. The predicted octanol–water partition coefficient (Wildman–Crippen LogP) is 3.08. The van der Waals surface area contributed by atoms with E-state index in [1.54, 1.807) is 7.11 Å². The number of hydrogen-bond acceptors (Lipinski definition) is 3. The average Bonchev–Trinajstić information content (AvgIpc) is 2.44. The molecule has 3 heteroatoms. The topological polar surface area (TPSA) is 24.5 Å². The molecule has 3 nitrogen and oxygen atoms in total. The highest BCUT2D eigenvalue weighted by atomic mass is 16.5. The van der Waals surface area contributed by atoms with E-state index in [1.807, 2.05) is 12.1 Å². The van der Waals surface area contributed by atoms with Gasteiger partial charge in [0.2, 0.25) is 0 Å². The van der Waals surface area contributed by atoms with Crippen molar-refractivity contribution in [1.29, 1.82) is 0 Å². The largest absolute Gasteiger partial charge is 0.496 e. The zero-order valence-electron chi connectivity index (χ0n) is 12.8. The van der Waals surface area contributed by atoms with Crippen LogP contribution in [0.3, 0.4) is 0 Å². The molecule has 0 spiro atoms. The molecule has 1 N–H and O–H groups in total. The Kier molecular flexibility index (Phi) is 7.53. The first kappa shape index (κ1) is 16.0. The summed E-state index contributed by atoms with van der Waals surface area (Å²) in [6.45, 7) is 7.50. The van der Waals surface area contributed by atoms with Gasteiger partial charge in [0.05, 0.1) is 7.11 Å². The molecule has 0 aliphatic carbocycles. The summed E-state index contributed by atoms with van der Waals surface area (Å²) in [6, 6.07) is 8.61. The zero-order chi connectivity index (χ0) is 14.1. The van der Waals surface area contributed by atoms with Gasteiger partial charge < -0.3 is 15.0 Å². The highest BCUT2D eigenvalue weighted by molar-refractivity contribution is 5.36. The van der Waals surface area contributed by atoms with Crippen molar-refractivity contribution in [3.05, 3.63) is 29.8 Å². The van der Waals surface area contributed by atoms with E-state index >= 15 is 0 Å². The summed E-state index contributed by atoms with van der Waals surface area (Å²) in [4.78, 5) is 2.39. The molecule has 1 unspecified atom stereocenters. The van der Waals surface area contributed by atoms with Crippen LogP contribution in [0, 0.1) is 0 Å². The Bertz CT molecular complexity index is 354. The van der Waals surface area contributed by atoms with Crippen molar-refractivity contribution >= 4 is 0 Å². The second-order valence-electron chi connectivity index (χ2n) is 4.97. The van der Waals surface area contributed by atoms with Gasteiger partial charge in [0.15, 0.2) is 0 Å². The molecule has 0 saturated carbocycles. The fourth-order valence-corrected chi connectivity index (χ4v) is 2.30. The summed E-state index contributed by atoms with van der Waals surface area (Å²) in [7, 11) is 3.93. The lowest BCUT2D eigenvalue weighted by molar-refractivity contribution is 0.283. The van der Waals surface area contributed by atoms with Crippen LogP contribution in [0.4, 0.5) is 0 Å². The van der Waals surface area contributed by atoms with Crippen LogP contribution in [0.25, 0.3) is 0 Å². The Hall–Kier alpha value is -1.06. The lowest BCUT2D eigenvalue weighted by atomic mass is 10.0. The van der Waals surface area contributed by atoms with Gasteiger partial charge >= 0.3 is 0 Å². The summed E-state index contributed by atoms with van der Waals surface area (Å²) in [5.74, 6) is 0.970. The third-order valence-electron chi connectivity index (χ3n) is 3.35. The fourth-order valence-electron chi connectivity index (χ4n) is 2.30. The minimum Gasteiger partial charge on any atom is -0.496 e. The Morgan fingerprint density at radius 3 is 2.63 bits per heavy atom. The lowest BCUT2D eigenvalue weighted by Gasteiger charge is -2.26. The van der Waals surface area contributed by atoms with E-state index in [1.165, 1.54) is 18.4 Å². The summed E-state index contributed by atoms with van der Waals surface area (Å²) >= 11 is 0. The van der Waals surface area contributed by atoms with Crippen molar-refractivity contribution in [2.24, 2.45) is 0 Å². The van der Waals surface area contributed by atoms with E-state index < -0.39 is 0 Å².